The van der Waals surface area contributed by atoms with Crippen molar-refractivity contribution < 1.29 is 13.2 Å². The van der Waals surface area contributed by atoms with Crippen molar-refractivity contribution in [2.75, 3.05) is 5.75 Å². The standard InChI is InChI=1S/C18H29NO3S/c1-5-13-23(21,22)17-12-7-6-11-16(17)18(20)19-15(4)10-8-9-14(2)3/h6-7,11-12,14-15H,5,8-10,13H2,1-4H3,(H,19,20). The monoisotopic (exact) mass is 339 g/mol. The van der Waals surface area contributed by atoms with Crippen molar-refractivity contribution in [1.29, 1.82) is 0 Å². The predicted octanol–water partition coefficient (Wildman–Crippen LogP) is 3.81. The molecule has 0 aliphatic carbocycles. The van der Waals surface area contributed by atoms with Gasteiger partial charge in [-0.2, -0.15) is 0 Å². The highest BCUT2D eigenvalue weighted by Crippen LogP contribution is 2.18. The molecule has 0 fully saturated rings. The number of hydrogen-bond acceptors (Lipinski definition) is 3. The minimum atomic E-state index is -3.41. The molecule has 0 spiro atoms. The summed E-state index contributed by atoms with van der Waals surface area (Å²) in [5.41, 5.74) is 0.247. The van der Waals surface area contributed by atoms with Gasteiger partial charge in [0.2, 0.25) is 0 Å². The molecule has 1 rings (SSSR count). The van der Waals surface area contributed by atoms with Crippen molar-refractivity contribution >= 4 is 15.7 Å². The van der Waals surface area contributed by atoms with Crippen LogP contribution in [-0.2, 0) is 9.84 Å². The van der Waals surface area contributed by atoms with Gasteiger partial charge in [-0.05, 0) is 37.8 Å². The largest absolute Gasteiger partial charge is 0.350 e. The van der Waals surface area contributed by atoms with Gasteiger partial charge in [0.05, 0.1) is 16.2 Å². The van der Waals surface area contributed by atoms with Crippen molar-refractivity contribution in [1.82, 2.24) is 5.32 Å². The molecular weight excluding hydrogens is 310 g/mol. The van der Waals surface area contributed by atoms with E-state index in [1.54, 1.807) is 18.2 Å². The molecule has 1 aromatic carbocycles. The Bertz CT molecular complexity index is 608. The Morgan fingerprint density at radius 3 is 2.39 bits per heavy atom. The molecule has 0 aliphatic heterocycles. The Morgan fingerprint density at radius 1 is 1.13 bits per heavy atom. The Kier molecular flexibility index (Phi) is 7.76. The van der Waals surface area contributed by atoms with E-state index >= 15 is 0 Å². The lowest BCUT2D eigenvalue weighted by molar-refractivity contribution is 0.0934. The Morgan fingerprint density at radius 2 is 1.78 bits per heavy atom. The second-order valence-corrected chi connectivity index (χ2v) is 8.59. The SMILES string of the molecule is CCCS(=O)(=O)c1ccccc1C(=O)NC(C)CCCC(C)C. The average molecular weight is 340 g/mol. The summed E-state index contributed by atoms with van der Waals surface area (Å²) in [7, 11) is -3.41. The Hall–Kier alpha value is -1.36. The molecule has 0 bridgehead atoms. The fraction of sp³-hybridized carbons (Fsp3) is 0.611. The zero-order valence-electron chi connectivity index (χ0n) is 14.6. The molecule has 1 unspecified atom stereocenters. The topological polar surface area (TPSA) is 63.2 Å². The number of hydrogen-bond donors (Lipinski definition) is 1. The van der Waals surface area contributed by atoms with Crippen LogP contribution < -0.4 is 5.32 Å². The maximum absolute atomic E-state index is 12.4. The van der Waals surface area contributed by atoms with E-state index in [1.165, 1.54) is 6.07 Å². The highest BCUT2D eigenvalue weighted by atomic mass is 32.2. The summed E-state index contributed by atoms with van der Waals surface area (Å²) in [6.07, 6.45) is 3.61. The average Bonchev–Trinajstić information content (AvgIpc) is 2.46. The highest BCUT2D eigenvalue weighted by Gasteiger charge is 2.22. The molecule has 5 heteroatoms. The van der Waals surface area contributed by atoms with E-state index in [1.807, 2.05) is 13.8 Å². The molecule has 0 aliphatic rings. The molecule has 0 aromatic heterocycles. The first-order chi connectivity index (χ1) is 10.8. The van der Waals surface area contributed by atoms with E-state index in [4.69, 9.17) is 0 Å². The molecule has 0 radical (unpaired) electrons. The lowest BCUT2D eigenvalue weighted by atomic mass is 10.0. The van der Waals surface area contributed by atoms with E-state index in [9.17, 15) is 13.2 Å². The summed E-state index contributed by atoms with van der Waals surface area (Å²) < 4.78 is 24.6. The van der Waals surface area contributed by atoms with Gasteiger partial charge < -0.3 is 5.32 Å². The van der Waals surface area contributed by atoms with Gasteiger partial charge in [0.25, 0.3) is 5.91 Å². The van der Waals surface area contributed by atoms with Crippen LogP contribution in [0.3, 0.4) is 0 Å². The molecule has 1 aromatic rings. The third kappa shape index (κ3) is 6.34. The van der Waals surface area contributed by atoms with E-state index in [-0.39, 0.29) is 28.2 Å². The molecule has 1 atom stereocenters. The van der Waals surface area contributed by atoms with E-state index in [0.29, 0.717) is 12.3 Å². The van der Waals surface area contributed by atoms with Crippen LogP contribution in [0, 0.1) is 5.92 Å². The van der Waals surface area contributed by atoms with Crippen LogP contribution in [0.15, 0.2) is 29.2 Å². The molecular formula is C18H29NO3S. The van der Waals surface area contributed by atoms with E-state index in [2.05, 4.69) is 19.2 Å². The summed E-state index contributed by atoms with van der Waals surface area (Å²) in [5, 5.41) is 2.92. The lowest BCUT2D eigenvalue weighted by Crippen LogP contribution is -2.33. The van der Waals surface area contributed by atoms with E-state index in [0.717, 1.165) is 19.3 Å². The summed E-state index contributed by atoms with van der Waals surface area (Å²) >= 11 is 0. The zero-order chi connectivity index (χ0) is 17.5. The van der Waals surface area contributed by atoms with Gasteiger partial charge in [-0.3, -0.25) is 4.79 Å². The molecule has 0 saturated carbocycles. The van der Waals surface area contributed by atoms with Gasteiger partial charge in [0.15, 0.2) is 9.84 Å². The van der Waals surface area contributed by atoms with E-state index < -0.39 is 9.84 Å². The first-order valence-electron chi connectivity index (χ1n) is 8.40. The number of amides is 1. The number of carbonyl (C=O) groups is 1. The number of rotatable bonds is 9. The minimum absolute atomic E-state index is 0.0307. The maximum Gasteiger partial charge on any atom is 0.252 e. The Balaban J connectivity index is 2.81. The van der Waals surface area contributed by atoms with Gasteiger partial charge in [0, 0.05) is 6.04 Å². The fourth-order valence-electron chi connectivity index (χ4n) is 2.51. The van der Waals surface area contributed by atoms with Gasteiger partial charge in [0.1, 0.15) is 0 Å². The number of carbonyl (C=O) groups excluding carboxylic acids is 1. The first kappa shape index (κ1) is 19.7. The number of nitrogens with one attached hydrogen (secondary N) is 1. The van der Waals surface area contributed by atoms with Crippen LogP contribution in [-0.4, -0.2) is 26.1 Å². The van der Waals surface area contributed by atoms with Gasteiger partial charge in [-0.1, -0.05) is 45.7 Å². The summed E-state index contributed by atoms with van der Waals surface area (Å²) in [6.45, 7) is 8.13. The predicted molar refractivity (Wildman–Crippen MR) is 94.4 cm³/mol. The molecule has 0 heterocycles. The first-order valence-corrected chi connectivity index (χ1v) is 10.1. The highest BCUT2D eigenvalue weighted by molar-refractivity contribution is 7.91. The van der Waals surface area contributed by atoms with Crippen LogP contribution in [0.5, 0.6) is 0 Å². The van der Waals surface area contributed by atoms with Gasteiger partial charge in [-0.15, -0.1) is 0 Å². The fourth-order valence-corrected chi connectivity index (χ4v) is 4.05. The smallest absolute Gasteiger partial charge is 0.252 e. The van der Waals surface area contributed by atoms with Crippen LogP contribution in [0.25, 0.3) is 0 Å². The second-order valence-electron chi connectivity index (χ2n) is 6.51. The van der Waals surface area contributed by atoms with Crippen LogP contribution >= 0.6 is 0 Å². The third-order valence-electron chi connectivity index (χ3n) is 3.74. The molecule has 23 heavy (non-hydrogen) atoms. The normalized spacial score (nSPS) is 13.1. The zero-order valence-corrected chi connectivity index (χ0v) is 15.4. The second kappa shape index (κ2) is 9.06. The molecule has 130 valence electrons. The van der Waals surface area contributed by atoms with Gasteiger partial charge in [-0.25, -0.2) is 8.42 Å². The molecule has 4 nitrogen and oxygen atoms in total. The maximum atomic E-state index is 12.4. The summed E-state index contributed by atoms with van der Waals surface area (Å²) in [4.78, 5) is 12.6. The Labute approximate surface area is 140 Å². The molecule has 1 amide bonds. The third-order valence-corrected chi connectivity index (χ3v) is 5.71. The van der Waals surface area contributed by atoms with Crippen molar-refractivity contribution in [3.8, 4) is 0 Å². The van der Waals surface area contributed by atoms with Crippen molar-refractivity contribution in [3.63, 3.8) is 0 Å². The quantitative estimate of drug-likeness (QED) is 0.744. The van der Waals surface area contributed by atoms with Crippen LogP contribution in [0.2, 0.25) is 0 Å². The molecule has 0 saturated heterocycles. The van der Waals surface area contributed by atoms with Crippen molar-refractivity contribution in [2.45, 2.75) is 64.3 Å². The number of benzene rings is 1. The molecule has 1 N–H and O–H groups in total. The number of sulfone groups is 1. The van der Waals surface area contributed by atoms with Crippen molar-refractivity contribution in [3.05, 3.63) is 29.8 Å². The lowest BCUT2D eigenvalue weighted by Gasteiger charge is -2.16. The minimum Gasteiger partial charge on any atom is -0.350 e. The summed E-state index contributed by atoms with van der Waals surface area (Å²) in [6, 6.07) is 6.49. The van der Waals surface area contributed by atoms with Gasteiger partial charge >= 0.3 is 0 Å². The summed E-state index contributed by atoms with van der Waals surface area (Å²) in [5.74, 6) is 0.400. The van der Waals surface area contributed by atoms with Crippen LogP contribution in [0.1, 0.15) is 63.7 Å². The van der Waals surface area contributed by atoms with Crippen molar-refractivity contribution in [2.24, 2.45) is 5.92 Å². The van der Waals surface area contributed by atoms with Crippen LogP contribution in [0.4, 0.5) is 0 Å².